The van der Waals surface area contributed by atoms with Gasteiger partial charge in [0, 0.05) is 27.7 Å². The van der Waals surface area contributed by atoms with Gasteiger partial charge in [0.2, 0.25) is 0 Å². The van der Waals surface area contributed by atoms with Gasteiger partial charge in [-0.1, -0.05) is 66.9 Å². The van der Waals surface area contributed by atoms with Gasteiger partial charge >= 0.3 is 0 Å². The van der Waals surface area contributed by atoms with Gasteiger partial charge in [-0.2, -0.15) is 5.10 Å². The van der Waals surface area contributed by atoms with Crippen molar-refractivity contribution in [2.75, 3.05) is 6.54 Å². The van der Waals surface area contributed by atoms with Crippen molar-refractivity contribution in [3.05, 3.63) is 75.4 Å². The highest BCUT2D eigenvalue weighted by molar-refractivity contribution is 6.31. The average Bonchev–Trinajstić information content (AvgIpc) is 3.21. The van der Waals surface area contributed by atoms with Crippen molar-refractivity contribution >= 4 is 29.1 Å². The smallest absolute Gasteiger partial charge is 0.273 e. The lowest BCUT2D eigenvalue weighted by molar-refractivity contribution is 0.0741. The first-order valence-corrected chi connectivity index (χ1v) is 9.77. The largest absolute Gasteiger partial charge is 0.326 e. The monoisotopic (exact) mass is 399 g/mol. The van der Waals surface area contributed by atoms with Crippen LogP contribution in [0.2, 0.25) is 10.0 Å². The fourth-order valence-corrected chi connectivity index (χ4v) is 3.97. The highest BCUT2D eigenvalue weighted by Gasteiger charge is 2.42. The second-order valence-corrected chi connectivity index (χ2v) is 7.49. The van der Waals surface area contributed by atoms with Gasteiger partial charge in [0.1, 0.15) is 5.69 Å². The molecule has 0 bridgehead atoms. The summed E-state index contributed by atoms with van der Waals surface area (Å²) in [6.07, 6.45) is 1.94. The van der Waals surface area contributed by atoms with Gasteiger partial charge in [0.15, 0.2) is 0 Å². The van der Waals surface area contributed by atoms with Crippen LogP contribution in [0.15, 0.2) is 48.5 Å². The topological polar surface area (TPSA) is 49.0 Å². The molecule has 1 unspecified atom stereocenters. The minimum atomic E-state index is -0.253. The second-order valence-electron chi connectivity index (χ2n) is 6.64. The SMILES string of the molecule is CCCCN1C(=O)c2[nH]nc(-c3ccc(Cl)cc3)c2C1c1ccccc1Cl. The summed E-state index contributed by atoms with van der Waals surface area (Å²) < 4.78 is 0. The number of fused-ring (bicyclic) bond motifs is 1. The van der Waals surface area contributed by atoms with Crippen LogP contribution in [-0.2, 0) is 0 Å². The van der Waals surface area contributed by atoms with Gasteiger partial charge in [-0.05, 0) is 30.2 Å². The van der Waals surface area contributed by atoms with Crippen molar-refractivity contribution in [2.24, 2.45) is 0 Å². The van der Waals surface area contributed by atoms with E-state index >= 15 is 0 Å². The normalized spacial score (nSPS) is 16.0. The van der Waals surface area contributed by atoms with Crippen LogP contribution in [0, 0.1) is 0 Å². The molecule has 1 aliphatic rings. The van der Waals surface area contributed by atoms with Crippen molar-refractivity contribution in [1.29, 1.82) is 0 Å². The van der Waals surface area contributed by atoms with Crippen LogP contribution < -0.4 is 0 Å². The quantitative estimate of drug-likeness (QED) is 0.595. The average molecular weight is 400 g/mol. The molecule has 1 N–H and O–H groups in total. The number of hydrogen-bond donors (Lipinski definition) is 1. The molecule has 27 heavy (non-hydrogen) atoms. The molecule has 4 nitrogen and oxygen atoms in total. The van der Waals surface area contributed by atoms with Gasteiger partial charge in [0.25, 0.3) is 5.91 Å². The Morgan fingerprint density at radius 2 is 1.85 bits per heavy atom. The third kappa shape index (κ3) is 3.13. The highest BCUT2D eigenvalue weighted by Crippen LogP contribution is 2.44. The van der Waals surface area contributed by atoms with E-state index in [1.807, 2.05) is 53.4 Å². The molecule has 6 heteroatoms. The first-order chi connectivity index (χ1) is 13.1. The highest BCUT2D eigenvalue weighted by atomic mass is 35.5. The summed E-state index contributed by atoms with van der Waals surface area (Å²) in [6, 6.07) is 14.9. The zero-order valence-electron chi connectivity index (χ0n) is 14.9. The number of nitrogens with one attached hydrogen (secondary N) is 1. The Labute approximate surface area is 168 Å². The minimum absolute atomic E-state index is 0.0314. The number of carbonyl (C=O) groups excluding carboxylic acids is 1. The standard InChI is InChI=1S/C21H19Cl2N3O/c1-2-3-12-26-20(15-6-4-5-7-16(15)23)17-18(24-25-19(17)21(26)27)13-8-10-14(22)11-9-13/h4-11,20H,2-3,12H2,1H3,(H,24,25). The third-order valence-electron chi connectivity index (χ3n) is 4.93. The number of halogens is 2. The summed E-state index contributed by atoms with van der Waals surface area (Å²) in [5.41, 5.74) is 4.02. The van der Waals surface area contributed by atoms with E-state index in [4.69, 9.17) is 23.2 Å². The molecular formula is C21H19Cl2N3O. The predicted molar refractivity (Wildman–Crippen MR) is 108 cm³/mol. The van der Waals surface area contributed by atoms with E-state index in [0.717, 1.165) is 35.2 Å². The lowest BCUT2D eigenvalue weighted by Gasteiger charge is -2.27. The zero-order chi connectivity index (χ0) is 19.0. The number of carbonyl (C=O) groups is 1. The van der Waals surface area contributed by atoms with E-state index in [1.54, 1.807) is 0 Å². The molecule has 0 fully saturated rings. The molecule has 2 heterocycles. The number of amides is 1. The Hall–Kier alpha value is -2.30. The number of benzene rings is 2. The van der Waals surface area contributed by atoms with Crippen molar-refractivity contribution in [2.45, 2.75) is 25.8 Å². The predicted octanol–water partition coefficient (Wildman–Crippen LogP) is 5.73. The van der Waals surface area contributed by atoms with Gasteiger partial charge < -0.3 is 4.90 Å². The first-order valence-electron chi connectivity index (χ1n) is 9.01. The van der Waals surface area contributed by atoms with Crippen LogP contribution >= 0.6 is 23.2 Å². The molecule has 0 aliphatic carbocycles. The molecule has 1 atom stereocenters. The van der Waals surface area contributed by atoms with Crippen LogP contribution in [0.5, 0.6) is 0 Å². The second kappa shape index (κ2) is 7.37. The van der Waals surface area contributed by atoms with E-state index in [-0.39, 0.29) is 11.9 Å². The number of aromatic amines is 1. The van der Waals surface area contributed by atoms with Crippen LogP contribution in [0.25, 0.3) is 11.3 Å². The summed E-state index contributed by atoms with van der Waals surface area (Å²) in [5.74, 6) is -0.0314. The maximum Gasteiger partial charge on any atom is 0.273 e. The number of rotatable bonds is 5. The van der Waals surface area contributed by atoms with E-state index in [1.165, 1.54) is 0 Å². The molecule has 0 radical (unpaired) electrons. The molecule has 0 saturated carbocycles. The van der Waals surface area contributed by atoms with Gasteiger partial charge in [-0.25, -0.2) is 0 Å². The minimum Gasteiger partial charge on any atom is -0.326 e. The van der Waals surface area contributed by atoms with Crippen molar-refractivity contribution < 1.29 is 4.79 Å². The van der Waals surface area contributed by atoms with E-state index < -0.39 is 0 Å². The summed E-state index contributed by atoms with van der Waals surface area (Å²) in [6.45, 7) is 2.79. The van der Waals surface area contributed by atoms with E-state index in [2.05, 4.69) is 17.1 Å². The molecule has 3 aromatic rings. The molecule has 1 aliphatic heterocycles. The summed E-state index contributed by atoms with van der Waals surface area (Å²) in [5, 5.41) is 8.71. The molecule has 4 rings (SSSR count). The van der Waals surface area contributed by atoms with Crippen LogP contribution in [0.3, 0.4) is 0 Å². The van der Waals surface area contributed by atoms with Crippen LogP contribution in [0.1, 0.15) is 47.4 Å². The van der Waals surface area contributed by atoms with Crippen LogP contribution in [0.4, 0.5) is 0 Å². The fourth-order valence-electron chi connectivity index (χ4n) is 3.60. The Bertz CT molecular complexity index is 981. The number of hydrogen-bond acceptors (Lipinski definition) is 2. The lowest BCUT2D eigenvalue weighted by Crippen LogP contribution is -2.30. The maximum absolute atomic E-state index is 13.1. The molecule has 1 amide bonds. The Balaban J connectivity index is 1.88. The fraction of sp³-hybridized carbons (Fsp3) is 0.238. The number of unbranched alkanes of at least 4 members (excludes halogenated alkanes) is 1. The molecule has 2 aromatic carbocycles. The van der Waals surface area contributed by atoms with Gasteiger partial charge in [0.05, 0.1) is 11.7 Å². The third-order valence-corrected chi connectivity index (χ3v) is 5.53. The van der Waals surface area contributed by atoms with Crippen molar-refractivity contribution in [3.8, 4) is 11.3 Å². The molecule has 138 valence electrons. The molecule has 0 saturated heterocycles. The number of aromatic nitrogens is 2. The summed E-state index contributed by atoms with van der Waals surface area (Å²) in [4.78, 5) is 15.0. The van der Waals surface area contributed by atoms with Gasteiger partial charge in [-0.15, -0.1) is 0 Å². The Morgan fingerprint density at radius 1 is 1.11 bits per heavy atom. The Kier molecular flexibility index (Phi) is 4.94. The molecular weight excluding hydrogens is 381 g/mol. The molecule has 0 spiro atoms. The van der Waals surface area contributed by atoms with E-state index in [0.29, 0.717) is 22.3 Å². The maximum atomic E-state index is 13.1. The van der Waals surface area contributed by atoms with Crippen LogP contribution in [-0.4, -0.2) is 27.5 Å². The van der Waals surface area contributed by atoms with E-state index in [9.17, 15) is 4.79 Å². The Morgan fingerprint density at radius 3 is 2.56 bits per heavy atom. The lowest BCUT2D eigenvalue weighted by atomic mass is 9.96. The van der Waals surface area contributed by atoms with Crippen molar-refractivity contribution in [1.82, 2.24) is 15.1 Å². The van der Waals surface area contributed by atoms with Gasteiger partial charge in [-0.3, -0.25) is 9.89 Å². The number of nitrogens with zero attached hydrogens (tertiary/aromatic N) is 2. The number of H-pyrrole nitrogens is 1. The molecule has 1 aromatic heterocycles. The van der Waals surface area contributed by atoms with Crippen molar-refractivity contribution in [3.63, 3.8) is 0 Å². The summed E-state index contributed by atoms with van der Waals surface area (Å²) >= 11 is 12.5. The summed E-state index contributed by atoms with van der Waals surface area (Å²) in [7, 11) is 0. The zero-order valence-corrected chi connectivity index (χ0v) is 16.4. The first kappa shape index (κ1) is 18.1.